The van der Waals surface area contributed by atoms with Gasteiger partial charge in [-0.2, -0.15) is 0 Å². The Morgan fingerprint density at radius 2 is 1.96 bits per heavy atom. The van der Waals surface area contributed by atoms with Crippen LogP contribution in [-0.2, 0) is 0 Å². The predicted molar refractivity (Wildman–Crippen MR) is 88.3 cm³/mol. The summed E-state index contributed by atoms with van der Waals surface area (Å²) >= 11 is 0. The fourth-order valence-corrected chi connectivity index (χ4v) is 3.75. The summed E-state index contributed by atoms with van der Waals surface area (Å²) < 4.78 is 4.99. The number of aliphatic hydroxyl groups is 1. The van der Waals surface area contributed by atoms with Crippen molar-refractivity contribution in [3.05, 3.63) is 24.2 Å². The Kier molecular flexibility index (Phi) is 5.38. The van der Waals surface area contributed by atoms with Crippen LogP contribution in [0.5, 0.6) is 0 Å². The Labute approximate surface area is 138 Å². The molecule has 5 heteroatoms. The molecule has 0 unspecified atom stereocenters. The topological polar surface area (TPSA) is 65.7 Å². The van der Waals surface area contributed by atoms with Gasteiger partial charge in [0.2, 0.25) is 0 Å². The molecule has 1 aliphatic heterocycles. The zero-order valence-electron chi connectivity index (χ0n) is 13.8. The Morgan fingerprint density at radius 1 is 1.26 bits per heavy atom. The SMILES string of the molecule is O=C(c1ccoc1)N1CCC(NCC2(O)CCCCCC2)CC1. The first-order valence-electron chi connectivity index (χ1n) is 8.94. The van der Waals surface area contributed by atoms with Gasteiger partial charge in [0.1, 0.15) is 6.26 Å². The van der Waals surface area contributed by atoms with Crippen molar-refractivity contribution in [1.29, 1.82) is 0 Å². The zero-order chi connectivity index (χ0) is 16.1. The molecule has 23 heavy (non-hydrogen) atoms. The van der Waals surface area contributed by atoms with Gasteiger partial charge < -0.3 is 19.7 Å². The number of carbonyl (C=O) groups excluding carboxylic acids is 1. The highest BCUT2D eigenvalue weighted by Crippen LogP contribution is 2.27. The molecule has 1 aromatic heterocycles. The Balaban J connectivity index is 1.43. The molecule has 128 valence electrons. The molecule has 0 aromatic carbocycles. The van der Waals surface area contributed by atoms with Crippen molar-refractivity contribution >= 4 is 5.91 Å². The highest BCUT2D eigenvalue weighted by Gasteiger charge is 2.30. The number of nitrogens with one attached hydrogen (secondary N) is 1. The third kappa shape index (κ3) is 4.36. The summed E-state index contributed by atoms with van der Waals surface area (Å²) in [7, 11) is 0. The van der Waals surface area contributed by atoms with Gasteiger partial charge in [-0.3, -0.25) is 4.79 Å². The predicted octanol–water partition coefficient (Wildman–Crippen LogP) is 2.56. The Morgan fingerprint density at radius 3 is 2.57 bits per heavy atom. The molecule has 0 radical (unpaired) electrons. The second-order valence-electron chi connectivity index (χ2n) is 7.10. The van der Waals surface area contributed by atoms with Crippen LogP contribution in [0.15, 0.2) is 23.0 Å². The molecule has 1 aromatic rings. The molecule has 2 fully saturated rings. The lowest BCUT2D eigenvalue weighted by molar-refractivity contribution is 0.0201. The van der Waals surface area contributed by atoms with Gasteiger partial charge in [0.25, 0.3) is 5.91 Å². The highest BCUT2D eigenvalue weighted by atomic mass is 16.3. The molecular weight excluding hydrogens is 292 g/mol. The van der Waals surface area contributed by atoms with Crippen LogP contribution < -0.4 is 5.32 Å². The molecule has 2 aliphatic rings. The van der Waals surface area contributed by atoms with E-state index in [4.69, 9.17) is 4.42 Å². The molecule has 2 heterocycles. The molecule has 3 rings (SSSR count). The summed E-state index contributed by atoms with van der Waals surface area (Å²) in [5, 5.41) is 14.3. The van der Waals surface area contributed by atoms with E-state index in [1.807, 2.05) is 4.90 Å². The van der Waals surface area contributed by atoms with Crippen molar-refractivity contribution in [3.63, 3.8) is 0 Å². The second kappa shape index (κ2) is 7.49. The molecule has 0 spiro atoms. The average molecular weight is 320 g/mol. The molecule has 5 nitrogen and oxygen atoms in total. The van der Waals surface area contributed by atoms with Gasteiger partial charge in [0.05, 0.1) is 17.4 Å². The van der Waals surface area contributed by atoms with Crippen LogP contribution in [0.1, 0.15) is 61.7 Å². The van der Waals surface area contributed by atoms with Crippen LogP contribution in [0, 0.1) is 0 Å². The van der Waals surface area contributed by atoms with Crippen LogP contribution in [-0.4, -0.2) is 47.2 Å². The summed E-state index contributed by atoms with van der Waals surface area (Å²) in [4.78, 5) is 14.2. The summed E-state index contributed by atoms with van der Waals surface area (Å²) in [6, 6.07) is 2.12. The van der Waals surface area contributed by atoms with E-state index in [-0.39, 0.29) is 5.91 Å². The van der Waals surface area contributed by atoms with Crippen molar-refractivity contribution in [2.75, 3.05) is 19.6 Å². The number of hydrogen-bond acceptors (Lipinski definition) is 4. The van der Waals surface area contributed by atoms with E-state index in [1.165, 1.54) is 25.4 Å². The third-order valence-electron chi connectivity index (χ3n) is 5.30. The van der Waals surface area contributed by atoms with Crippen molar-refractivity contribution < 1.29 is 14.3 Å². The molecule has 1 aliphatic carbocycles. The second-order valence-corrected chi connectivity index (χ2v) is 7.10. The Bertz CT molecular complexity index is 484. The Hall–Kier alpha value is -1.33. The van der Waals surface area contributed by atoms with Crippen molar-refractivity contribution in [1.82, 2.24) is 10.2 Å². The molecule has 2 N–H and O–H groups in total. The van der Waals surface area contributed by atoms with Gasteiger partial charge >= 0.3 is 0 Å². The molecular formula is C18H28N2O3. The lowest BCUT2D eigenvalue weighted by Crippen LogP contribution is -2.49. The number of likely N-dealkylation sites (tertiary alicyclic amines) is 1. The van der Waals surface area contributed by atoms with E-state index in [0.29, 0.717) is 18.2 Å². The standard InChI is InChI=1S/C18H28N2O3/c21-17(15-7-12-23-13-15)20-10-5-16(6-11-20)19-14-18(22)8-3-1-2-4-9-18/h7,12-13,16,19,22H,1-6,8-11,14H2. The number of furan rings is 1. The van der Waals surface area contributed by atoms with Crippen molar-refractivity contribution in [2.45, 2.75) is 63.0 Å². The minimum absolute atomic E-state index is 0.0552. The van der Waals surface area contributed by atoms with Gasteiger partial charge in [-0.1, -0.05) is 25.7 Å². The number of rotatable bonds is 4. The van der Waals surface area contributed by atoms with Gasteiger partial charge in [-0.25, -0.2) is 0 Å². The number of carbonyl (C=O) groups is 1. The zero-order valence-corrected chi connectivity index (χ0v) is 13.8. The summed E-state index contributed by atoms with van der Waals surface area (Å²) in [6.07, 6.45) is 11.5. The minimum Gasteiger partial charge on any atom is -0.472 e. The van der Waals surface area contributed by atoms with E-state index in [9.17, 15) is 9.90 Å². The normalized spacial score (nSPS) is 22.7. The molecule has 1 amide bonds. The lowest BCUT2D eigenvalue weighted by Gasteiger charge is -2.35. The smallest absolute Gasteiger partial charge is 0.257 e. The number of nitrogens with zero attached hydrogens (tertiary/aromatic N) is 1. The third-order valence-corrected chi connectivity index (χ3v) is 5.30. The summed E-state index contributed by atoms with van der Waals surface area (Å²) in [5.41, 5.74) is 0.101. The quantitative estimate of drug-likeness (QED) is 0.837. The maximum Gasteiger partial charge on any atom is 0.257 e. The number of amides is 1. The molecule has 1 saturated heterocycles. The maximum absolute atomic E-state index is 12.3. The average Bonchev–Trinajstić information content (AvgIpc) is 3.02. The molecule has 0 bridgehead atoms. The van der Waals surface area contributed by atoms with E-state index in [2.05, 4.69) is 5.32 Å². The van der Waals surface area contributed by atoms with Crippen molar-refractivity contribution in [2.24, 2.45) is 0 Å². The van der Waals surface area contributed by atoms with E-state index < -0.39 is 5.60 Å². The fourth-order valence-electron chi connectivity index (χ4n) is 3.75. The van der Waals surface area contributed by atoms with Crippen LogP contribution in [0.3, 0.4) is 0 Å². The van der Waals surface area contributed by atoms with Crippen LogP contribution in [0.4, 0.5) is 0 Å². The van der Waals surface area contributed by atoms with Gasteiger partial charge in [0.15, 0.2) is 0 Å². The van der Waals surface area contributed by atoms with E-state index in [1.54, 1.807) is 6.07 Å². The lowest BCUT2D eigenvalue weighted by atomic mass is 9.93. The number of piperidine rings is 1. The van der Waals surface area contributed by atoms with E-state index >= 15 is 0 Å². The first-order valence-corrected chi connectivity index (χ1v) is 8.94. The summed E-state index contributed by atoms with van der Waals surface area (Å²) in [6.45, 7) is 2.22. The highest BCUT2D eigenvalue weighted by molar-refractivity contribution is 5.93. The van der Waals surface area contributed by atoms with Crippen molar-refractivity contribution in [3.8, 4) is 0 Å². The largest absolute Gasteiger partial charge is 0.472 e. The maximum atomic E-state index is 12.3. The first-order chi connectivity index (χ1) is 11.2. The monoisotopic (exact) mass is 320 g/mol. The van der Waals surface area contributed by atoms with Gasteiger partial charge in [-0.15, -0.1) is 0 Å². The van der Waals surface area contributed by atoms with Crippen LogP contribution in [0.2, 0.25) is 0 Å². The fraction of sp³-hybridized carbons (Fsp3) is 0.722. The van der Waals surface area contributed by atoms with E-state index in [0.717, 1.165) is 51.6 Å². The molecule has 0 atom stereocenters. The number of hydrogen-bond donors (Lipinski definition) is 2. The van der Waals surface area contributed by atoms with Gasteiger partial charge in [0, 0.05) is 25.7 Å². The van der Waals surface area contributed by atoms with Gasteiger partial charge in [-0.05, 0) is 31.7 Å². The molecule has 1 saturated carbocycles. The van der Waals surface area contributed by atoms with Crippen LogP contribution in [0.25, 0.3) is 0 Å². The first kappa shape index (κ1) is 16.5. The van der Waals surface area contributed by atoms with Crippen LogP contribution >= 0.6 is 0 Å². The summed E-state index contributed by atoms with van der Waals surface area (Å²) in [5.74, 6) is 0.0552. The minimum atomic E-state index is -0.528.